The fourth-order valence-electron chi connectivity index (χ4n) is 3.63. The maximum absolute atomic E-state index is 13.5. The lowest BCUT2D eigenvalue weighted by molar-refractivity contribution is 0.0513. The second kappa shape index (κ2) is 10.6. The summed E-state index contributed by atoms with van der Waals surface area (Å²) in [6.45, 7) is 7.59. The number of methoxy groups -OCH3 is 1. The molecule has 7 nitrogen and oxygen atoms in total. The van der Waals surface area contributed by atoms with Gasteiger partial charge in [-0.3, -0.25) is 9.59 Å². The first-order chi connectivity index (χ1) is 14.7. The number of rotatable bonds is 9. The fraction of sp³-hybridized carbons (Fsp3) is 0.435. The van der Waals surface area contributed by atoms with Gasteiger partial charge in [-0.1, -0.05) is 23.7 Å². The van der Waals surface area contributed by atoms with Crippen molar-refractivity contribution in [3.8, 4) is 0 Å². The number of halogens is 1. The van der Waals surface area contributed by atoms with Crippen molar-refractivity contribution < 1.29 is 23.9 Å². The van der Waals surface area contributed by atoms with Gasteiger partial charge in [-0.25, -0.2) is 4.79 Å². The van der Waals surface area contributed by atoms with Crippen LogP contribution in [0.5, 0.6) is 0 Å². The Morgan fingerprint density at radius 3 is 2.42 bits per heavy atom. The zero-order valence-corrected chi connectivity index (χ0v) is 19.6. The molecule has 2 aromatic rings. The number of esters is 1. The molecule has 0 aliphatic rings. The Morgan fingerprint density at radius 2 is 1.84 bits per heavy atom. The molecule has 168 valence electrons. The Balaban J connectivity index is 2.46. The topological polar surface area (TPSA) is 77.8 Å². The Kier molecular flexibility index (Phi) is 8.42. The first-order valence-corrected chi connectivity index (χ1v) is 10.5. The van der Waals surface area contributed by atoms with Crippen molar-refractivity contribution in [3.05, 3.63) is 57.4 Å². The van der Waals surface area contributed by atoms with Crippen molar-refractivity contribution >= 4 is 29.3 Å². The van der Waals surface area contributed by atoms with E-state index in [1.54, 1.807) is 63.6 Å². The average Bonchev–Trinajstić information content (AvgIpc) is 2.96. The van der Waals surface area contributed by atoms with Gasteiger partial charge in [0.1, 0.15) is 5.69 Å². The smallest absolute Gasteiger partial charge is 0.355 e. The lowest BCUT2D eigenvalue weighted by atomic mass is 9.99. The van der Waals surface area contributed by atoms with Crippen molar-refractivity contribution in [2.45, 2.75) is 33.7 Å². The summed E-state index contributed by atoms with van der Waals surface area (Å²) in [5.74, 6) is -1.11. The van der Waals surface area contributed by atoms with Crippen LogP contribution in [-0.4, -0.2) is 60.0 Å². The van der Waals surface area contributed by atoms with Gasteiger partial charge in [0.15, 0.2) is 5.78 Å². The van der Waals surface area contributed by atoms with E-state index in [1.165, 1.54) is 12.0 Å². The molecular formula is C23H29ClN2O5. The van der Waals surface area contributed by atoms with E-state index in [-0.39, 0.29) is 31.4 Å². The van der Waals surface area contributed by atoms with E-state index in [0.29, 0.717) is 33.1 Å². The van der Waals surface area contributed by atoms with Gasteiger partial charge in [0.05, 0.1) is 29.8 Å². The highest BCUT2D eigenvalue weighted by Gasteiger charge is 2.33. The number of amides is 1. The minimum Gasteiger partial charge on any atom is -0.461 e. The molecule has 0 saturated carbocycles. The normalized spacial score (nSPS) is 11.8. The number of carbonyl (C=O) groups excluding carboxylic acids is 3. The number of aromatic nitrogens is 1. The largest absolute Gasteiger partial charge is 0.461 e. The van der Waals surface area contributed by atoms with E-state index < -0.39 is 12.0 Å². The molecule has 0 aliphatic carbocycles. The Hall–Kier alpha value is -2.64. The van der Waals surface area contributed by atoms with Crippen LogP contribution in [0.2, 0.25) is 5.02 Å². The number of ether oxygens (including phenoxy) is 2. The number of benzene rings is 1. The third-order valence-electron chi connectivity index (χ3n) is 5.39. The molecule has 8 heteroatoms. The van der Waals surface area contributed by atoms with Gasteiger partial charge < -0.3 is 18.9 Å². The van der Waals surface area contributed by atoms with Crippen LogP contribution < -0.4 is 0 Å². The van der Waals surface area contributed by atoms with Crippen molar-refractivity contribution in [1.82, 2.24) is 9.47 Å². The highest BCUT2D eigenvalue weighted by atomic mass is 35.5. The molecule has 0 aliphatic heterocycles. The molecule has 0 N–H and O–H groups in total. The standard InChI is InChI=1S/C23H29ClN2O5/c1-7-31-23(29)20-14(2)19(15(3)25(20)5)21(27)16(4)26(12-13-30-6)22(28)17-10-8-9-11-18(17)24/h8-11,16H,7,12-13H2,1-6H3. The maximum Gasteiger partial charge on any atom is 0.355 e. The molecule has 2 rings (SSSR count). The molecule has 0 bridgehead atoms. The summed E-state index contributed by atoms with van der Waals surface area (Å²) in [4.78, 5) is 40.6. The number of hydrogen-bond donors (Lipinski definition) is 0. The lowest BCUT2D eigenvalue weighted by Crippen LogP contribution is -2.45. The summed E-state index contributed by atoms with van der Waals surface area (Å²) in [6.07, 6.45) is 0. The molecule has 1 aromatic heterocycles. The van der Waals surface area contributed by atoms with Crippen LogP contribution in [0.4, 0.5) is 0 Å². The molecule has 1 heterocycles. The number of carbonyl (C=O) groups is 3. The van der Waals surface area contributed by atoms with Crippen LogP contribution in [0.25, 0.3) is 0 Å². The highest BCUT2D eigenvalue weighted by Crippen LogP contribution is 2.26. The van der Waals surface area contributed by atoms with Crippen LogP contribution >= 0.6 is 11.6 Å². The lowest BCUT2D eigenvalue weighted by Gasteiger charge is -2.29. The van der Waals surface area contributed by atoms with Crippen LogP contribution in [0.1, 0.15) is 56.3 Å². The molecule has 1 amide bonds. The molecular weight excluding hydrogens is 420 g/mol. The Morgan fingerprint density at radius 1 is 1.19 bits per heavy atom. The summed E-state index contributed by atoms with van der Waals surface area (Å²) < 4.78 is 11.9. The first-order valence-electron chi connectivity index (χ1n) is 10.1. The van der Waals surface area contributed by atoms with Gasteiger partial charge in [0.25, 0.3) is 5.91 Å². The molecule has 0 fully saturated rings. The van der Waals surface area contributed by atoms with E-state index in [9.17, 15) is 14.4 Å². The summed E-state index contributed by atoms with van der Waals surface area (Å²) in [5.41, 5.74) is 2.22. The van der Waals surface area contributed by atoms with Crippen LogP contribution in [0.15, 0.2) is 24.3 Å². The van der Waals surface area contributed by atoms with Crippen LogP contribution in [0, 0.1) is 13.8 Å². The van der Waals surface area contributed by atoms with E-state index in [1.807, 2.05) is 0 Å². The maximum atomic E-state index is 13.5. The highest BCUT2D eigenvalue weighted by molar-refractivity contribution is 6.33. The Labute approximate surface area is 187 Å². The van der Waals surface area contributed by atoms with Gasteiger partial charge in [-0.05, 0) is 45.4 Å². The van der Waals surface area contributed by atoms with E-state index in [0.717, 1.165) is 0 Å². The third-order valence-corrected chi connectivity index (χ3v) is 5.72. The van der Waals surface area contributed by atoms with Crippen LogP contribution in [0.3, 0.4) is 0 Å². The monoisotopic (exact) mass is 448 g/mol. The van der Waals surface area contributed by atoms with Gasteiger partial charge in [0.2, 0.25) is 0 Å². The van der Waals surface area contributed by atoms with Gasteiger partial charge in [-0.15, -0.1) is 0 Å². The SMILES string of the molecule is CCOC(=O)c1c(C)c(C(=O)C(C)N(CCOC)C(=O)c2ccccc2Cl)c(C)n1C. The van der Waals surface area contributed by atoms with E-state index >= 15 is 0 Å². The van der Waals surface area contributed by atoms with E-state index in [4.69, 9.17) is 21.1 Å². The average molecular weight is 449 g/mol. The third kappa shape index (κ3) is 4.99. The number of Topliss-reactive ketones (excluding diaryl/α,β-unsaturated/α-hetero) is 1. The number of nitrogens with zero attached hydrogens (tertiary/aromatic N) is 2. The second-order valence-electron chi connectivity index (χ2n) is 7.22. The molecule has 0 radical (unpaired) electrons. The van der Waals surface area contributed by atoms with Gasteiger partial charge >= 0.3 is 5.97 Å². The first kappa shape index (κ1) is 24.6. The van der Waals surface area contributed by atoms with Gasteiger partial charge in [0, 0.05) is 32.0 Å². The zero-order chi connectivity index (χ0) is 23.3. The summed E-state index contributed by atoms with van der Waals surface area (Å²) in [7, 11) is 3.25. The predicted molar refractivity (Wildman–Crippen MR) is 119 cm³/mol. The van der Waals surface area contributed by atoms with Crippen molar-refractivity contribution in [2.75, 3.05) is 26.9 Å². The minimum absolute atomic E-state index is 0.211. The summed E-state index contributed by atoms with van der Waals surface area (Å²) >= 11 is 6.22. The number of ketones is 1. The quantitative estimate of drug-likeness (QED) is 0.430. The molecule has 1 atom stereocenters. The molecule has 1 aromatic carbocycles. The molecule has 0 spiro atoms. The van der Waals surface area contributed by atoms with Gasteiger partial charge in [-0.2, -0.15) is 0 Å². The fourth-order valence-corrected chi connectivity index (χ4v) is 3.85. The van der Waals surface area contributed by atoms with Crippen molar-refractivity contribution in [3.63, 3.8) is 0 Å². The molecule has 31 heavy (non-hydrogen) atoms. The van der Waals surface area contributed by atoms with Crippen molar-refractivity contribution in [1.29, 1.82) is 0 Å². The predicted octanol–water partition coefficient (Wildman–Crippen LogP) is 3.83. The minimum atomic E-state index is -0.797. The summed E-state index contributed by atoms with van der Waals surface area (Å²) in [5, 5.41) is 0.311. The second-order valence-corrected chi connectivity index (χ2v) is 7.63. The zero-order valence-electron chi connectivity index (χ0n) is 18.8. The van der Waals surface area contributed by atoms with Crippen LogP contribution in [-0.2, 0) is 16.5 Å². The Bertz CT molecular complexity index is 983. The van der Waals surface area contributed by atoms with E-state index in [2.05, 4.69) is 0 Å². The number of hydrogen-bond acceptors (Lipinski definition) is 5. The summed E-state index contributed by atoms with van der Waals surface area (Å²) in [6, 6.07) is 5.92. The molecule has 0 saturated heterocycles. The van der Waals surface area contributed by atoms with Crippen molar-refractivity contribution in [2.24, 2.45) is 7.05 Å². The molecule has 1 unspecified atom stereocenters.